The molecule has 0 aliphatic heterocycles. The predicted molar refractivity (Wildman–Crippen MR) is 102 cm³/mol. The van der Waals surface area contributed by atoms with E-state index >= 15 is 0 Å². The molecule has 0 fully saturated rings. The lowest BCUT2D eigenvalue weighted by Gasteiger charge is -2.09. The number of hydrogen-bond donors (Lipinski definition) is 0. The molecule has 0 heterocycles. The zero-order valence-electron chi connectivity index (χ0n) is 14.7. The summed E-state index contributed by atoms with van der Waals surface area (Å²) in [5.74, 6) is 0. The van der Waals surface area contributed by atoms with Crippen LogP contribution in [0.25, 0.3) is 0 Å². The highest BCUT2D eigenvalue weighted by atomic mass is 32.2. The van der Waals surface area contributed by atoms with Crippen molar-refractivity contribution in [3.63, 3.8) is 0 Å². The highest BCUT2D eigenvalue weighted by Gasteiger charge is 2.20. The van der Waals surface area contributed by atoms with Crippen molar-refractivity contribution in [2.24, 2.45) is 0 Å². The van der Waals surface area contributed by atoms with Crippen LogP contribution in [0.1, 0.15) is 24.5 Å². The highest BCUT2D eigenvalue weighted by molar-refractivity contribution is 7.95. The van der Waals surface area contributed by atoms with Gasteiger partial charge in [-0.3, -0.25) is 0 Å². The fourth-order valence-corrected chi connectivity index (χ4v) is 3.60. The molecule has 0 saturated heterocycles. The molecular weight excluding hydrogens is 332 g/mol. The van der Waals surface area contributed by atoms with Gasteiger partial charge in [0.2, 0.25) is 9.84 Å². The summed E-state index contributed by atoms with van der Waals surface area (Å²) >= 11 is 0. The summed E-state index contributed by atoms with van der Waals surface area (Å²) in [6, 6.07) is 16.8. The molecule has 0 amide bonds. The zero-order chi connectivity index (χ0) is 18.1. The minimum absolute atomic E-state index is 0.266. The Morgan fingerprint density at radius 1 is 1.04 bits per heavy atom. The number of rotatable bonds is 8. The second-order valence-corrected chi connectivity index (χ2v) is 7.78. The van der Waals surface area contributed by atoms with Gasteiger partial charge in [0, 0.05) is 12.8 Å². The first-order valence-corrected chi connectivity index (χ1v) is 9.80. The lowest BCUT2D eigenvalue weighted by Crippen LogP contribution is -2.06. The molecule has 2 aromatic carbocycles. The van der Waals surface area contributed by atoms with E-state index in [9.17, 15) is 8.42 Å². The van der Waals surface area contributed by atoms with E-state index in [2.05, 4.69) is 0 Å². The summed E-state index contributed by atoms with van der Waals surface area (Å²) in [6.45, 7) is 4.23. The summed E-state index contributed by atoms with van der Waals surface area (Å²) in [5, 5.41) is 0. The molecule has 0 N–H and O–H groups in total. The summed E-state index contributed by atoms with van der Waals surface area (Å²) in [7, 11) is -3.55. The van der Waals surface area contributed by atoms with Gasteiger partial charge in [0.05, 0.1) is 22.7 Å². The second-order valence-electron chi connectivity index (χ2n) is 5.78. The fourth-order valence-electron chi connectivity index (χ4n) is 2.30. The topological polar surface area (TPSA) is 43.4 Å². The van der Waals surface area contributed by atoms with Crippen molar-refractivity contribution in [2.45, 2.75) is 31.6 Å². The number of hydrogen-bond acceptors (Lipinski definition) is 3. The lowest BCUT2D eigenvalue weighted by atomic mass is 10.2. The standard InChI is InChI=1S/C21H24O3S/c1-3-4-10-21(17-24-16-15-19-8-6-5-7-9-19)25(22,23)20-13-11-18(2)12-14-20/h3-9,11-14,17H,10,15-16H2,1-2H3/b4-3+,21-17-. The minimum atomic E-state index is -3.55. The third-order valence-electron chi connectivity index (χ3n) is 3.80. The number of aryl methyl sites for hydroxylation is 1. The Hall–Kier alpha value is -2.33. The van der Waals surface area contributed by atoms with Gasteiger partial charge in [-0.2, -0.15) is 0 Å². The normalized spacial score (nSPS) is 12.5. The van der Waals surface area contributed by atoms with Crippen molar-refractivity contribution in [1.82, 2.24) is 0 Å². The van der Waals surface area contributed by atoms with Crippen LogP contribution >= 0.6 is 0 Å². The first-order chi connectivity index (χ1) is 12.0. The number of ether oxygens (including phenoxy) is 1. The van der Waals surface area contributed by atoms with E-state index in [0.29, 0.717) is 17.9 Å². The van der Waals surface area contributed by atoms with E-state index in [1.165, 1.54) is 6.26 Å². The molecule has 0 saturated carbocycles. The van der Waals surface area contributed by atoms with Crippen LogP contribution < -0.4 is 0 Å². The van der Waals surface area contributed by atoms with Crippen molar-refractivity contribution in [3.8, 4) is 0 Å². The molecule has 0 unspecified atom stereocenters. The van der Waals surface area contributed by atoms with Gasteiger partial charge in [-0.1, -0.05) is 60.2 Å². The van der Waals surface area contributed by atoms with Crippen LogP contribution in [-0.2, 0) is 21.0 Å². The summed E-state index contributed by atoms with van der Waals surface area (Å²) in [5.41, 5.74) is 2.18. The molecule has 0 aliphatic carbocycles. The lowest BCUT2D eigenvalue weighted by molar-refractivity contribution is 0.252. The molecule has 2 rings (SSSR count). The SMILES string of the molecule is C/C=C/C/C(=C/OCCc1ccccc1)S(=O)(=O)c1ccc(C)cc1. The average Bonchev–Trinajstić information content (AvgIpc) is 2.62. The molecule has 0 radical (unpaired) electrons. The Labute approximate surface area is 150 Å². The van der Waals surface area contributed by atoms with E-state index in [4.69, 9.17) is 4.74 Å². The van der Waals surface area contributed by atoms with Crippen LogP contribution in [0.4, 0.5) is 0 Å². The quantitative estimate of drug-likeness (QED) is 0.386. The molecule has 0 spiro atoms. The molecule has 0 aliphatic rings. The van der Waals surface area contributed by atoms with Gasteiger partial charge in [0.1, 0.15) is 0 Å². The van der Waals surface area contributed by atoms with Gasteiger partial charge < -0.3 is 4.74 Å². The van der Waals surface area contributed by atoms with E-state index in [1.54, 1.807) is 24.3 Å². The van der Waals surface area contributed by atoms with E-state index in [-0.39, 0.29) is 4.91 Å². The van der Waals surface area contributed by atoms with Crippen LogP contribution in [-0.4, -0.2) is 15.0 Å². The smallest absolute Gasteiger partial charge is 0.206 e. The summed E-state index contributed by atoms with van der Waals surface area (Å²) < 4.78 is 31.2. The Morgan fingerprint density at radius 2 is 1.72 bits per heavy atom. The second kappa shape index (κ2) is 9.23. The van der Waals surface area contributed by atoms with Gasteiger partial charge in [-0.15, -0.1) is 0 Å². The Kier molecular flexibility index (Phi) is 7.02. The van der Waals surface area contributed by atoms with Crippen LogP contribution in [0.15, 0.2) is 82.8 Å². The van der Waals surface area contributed by atoms with Crippen molar-refractivity contribution in [3.05, 3.63) is 89.0 Å². The van der Waals surface area contributed by atoms with Crippen LogP contribution in [0.2, 0.25) is 0 Å². The minimum Gasteiger partial charge on any atom is -0.500 e. The molecule has 25 heavy (non-hydrogen) atoms. The van der Waals surface area contributed by atoms with E-state index in [0.717, 1.165) is 17.5 Å². The molecule has 0 bridgehead atoms. The van der Waals surface area contributed by atoms with Crippen molar-refractivity contribution in [2.75, 3.05) is 6.61 Å². The molecule has 132 valence electrons. The molecule has 3 nitrogen and oxygen atoms in total. The number of sulfone groups is 1. The Balaban J connectivity index is 2.12. The molecule has 0 aromatic heterocycles. The maximum atomic E-state index is 12.8. The maximum absolute atomic E-state index is 12.8. The Bertz CT molecular complexity index is 817. The van der Waals surface area contributed by atoms with Crippen LogP contribution in [0.5, 0.6) is 0 Å². The van der Waals surface area contributed by atoms with Crippen molar-refractivity contribution < 1.29 is 13.2 Å². The van der Waals surface area contributed by atoms with Crippen LogP contribution in [0, 0.1) is 6.92 Å². The fraction of sp³-hybridized carbons (Fsp3) is 0.238. The highest BCUT2D eigenvalue weighted by Crippen LogP contribution is 2.23. The van der Waals surface area contributed by atoms with Gasteiger partial charge in [0.15, 0.2) is 0 Å². The monoisotopic (exact) mass is 356 g/mol. The molecule has 0 atom stereocenters. The van der Waals surface area contributed by atoms with Crippen molar-refractivity contribution >= 4 is 9.84 Å². The first kappa shape index (κ1) is 19.0. The van der Waals surface area contributed by atoms with Gasteiger partial charge in [0.25, 0.3) is 0 Å². The zero-order valence-corrected chi connectivity index (χ0v) is 15.5. The largest absolute Gasteiger partial charge is 0.500 e. The van der Waals surface area contributed by atoms with Crippen LogP contribution in [0.3, 0.4) is 0 Å². The van der Waals surface area contributed by atoms with Gasteiger partial charge >= 0.3 is 0 Å². The number of allylic oxidation sites excluding steroid dienone is 3. The third kappa shape index (κ3) is 5.61. The first-order valence-electron chi connectivity index (χ1n) is 8.31. The summed E-state index contributed by atoms with van der Waals surface area (Å²) in [4.78, 5) is 0.558. The third-order valence-corrected chi connectivity index (χ3v) is 5.64. The van der Waals surface area contributed by atoms with Gasteiger partial charge in [-0.25, -0.2) is 8.42 Å². The van der Waals surface area contributed by atoms with Gasteiger partial charge in [-0.05, 0) is 31.5 Å². The molecule has 2 aromatic rings. The number of benzene rings is 2. The molecule has 4 heteroatoms. The average molecular weight is 356 g/mol. The van der Waals surface area contributed by atoms with Crippen molar-refractivity contribution in [1.29, 1.82) is 0 Å². The maximum Gasteiger partial charge on any atom is 0.206 e. The molecular formula is C21H24O3S. The van der Waals surface area contributed by atoms with E-state index < -0.39 is 9.84 Å². The Morgan fingerprint density at radius 3 is 2.36 bits per heavy atom. The van der Waals surface area contributed by atoms with E-state index in [1.807, 2.05) is 56.3 Å². The summed E-state index contributed by atoms with van der Waals surface area (Å²) in [6.07, 6.45) is 6.09. The predicted octanol–water partition coefficient (Wildman–Crippen LogP) is 4.84.